The lowest BCUT2D eigenvalue weighted by molar-refractivity contribution is -0.385. The fourth-order valence-corrected chi connectivity index (χ4v) is 2.06. The normalized spacial score (nSPS) is 10.3. The van der Waals surface area contributed by atoms with Crippen LogP contribution in [0.5, 0.6) is 0 Å². The van der Waals surface area contributed by atoms with Crippen LogP contribution in [0, 0.1) is 10.1 Å². The van der Waals surface area contributed by atoms with E-state index in [2.05, 4.69) is 20.6 Å². The molecular formula is C16H14N4O4S. The zero-order chi connectivity index (χ0) is 18.2. The Bertz CT molecular complexity index is 821. The van der Waals surface area contributed by atoms with Crippen LogP contribution in [0.1, 0.15) is 15.9 Å². The molecule has 0 saturated heterocycles. The first kappa shape index (κ1) is 18.0. The minimum absolute atomic E-state index is 0.0506. The maximum absolute atomic E-state index is 11.4. The first-order valence-corrected chi connectivity index (χ1v) is 7.44. The van der Waals surface area contributed by atoms with Gasteiger partial charge in [0, 0.05) is 11.8 Å². The van der Waals surface area contributed by atoms with Gasteiger partial charge in [-0.25, -0.2) is 4.79 Å². The fraction of sp³-hybridized carbons (Fsp3) is 0.0625. The van der Waals surface area contributed by atoms with Gasteiger partial charge in [-0.3, -0.25) is 15.5 Å². The second-order valence-electron chi connectivity index (χ2n) is 4.71. The molecule has 0 aromatic heterocycles. The monoisotopic (exact) mass is 358 g/mol. The average molecular weight is 358 g/mol. The molecule has 0 atom stereocenters. The van der Waals surface area contributed by atoms with Crippen molar-refractivity contribution in [2.24, 2.45) is 5.10 Å². The van der Waals surface area contributed by atoms with Crippen LogP contribution < -0.4 is 10.7 Å². The molecule has 25 heavy (non-hydrogen) atoms. The highest BCUT2D eigenvalue weighted by Gasteiger charge is 2.10. The standard InChI is InChI=1S/C16H14N4O4S/c1-24-15(21)11-6-8-13(9-7-11)18-16(25)19-17-10-12-4-2-3-5-14(12)20(22)23/h2-10H,1H3,(H2,18,19,25)/b17-10-. The van der Waals surface area contributed by atoms with Gasteiger partial charge in [-0.1, -0.05) is 12.1 Å². The molecule has 0 bridgehead atoms. The van der Waals surface area contributed by atoms with Crippen LogP contribution in [-0.4, -0.2) is 29.3 Å². The van der Waals surface area contributed by atoms with Crippen molar-refractivity contribution >= 4 is 40.9 Å². The molecule has 2 aromatic rings. The maximum atomic E-state index is 11.4. The second-order valence-corrected chi connectivity index (χ2v) is 5.12. The van der Waals surface area contributed by atoms with E-state index in [1.165, 1.54) is 19.4 Å². The van der Waals surface area contributed by atoms with Gasteiger partial charge in [0.15, 0.2) is 5.11 Å². The van der Waals surface area contributed by atoms with Crippen molar-refractivity contribution in [3.8, 4) is 0 Å². The zero-order valence-electron chi connectivity index (χ0n) is 13.1. The van der Waals surface area contributed by atoms with Gasteiger partial charge in [-0.05, 0) is 42.5 Å². The van der Waals surface area contributed by atoms with Crippen LogP contribution in [0.15, 0.2) is 53.6 Å². The number of nitro benzene ring substituents is 1. The summed E-state index contributed by atoms with van der Waals surface area (Å²) in [5.41, 5.74) is 3.93. The molecule has 0 unspecified atom stereocenters. The molecular weight excluding hydrogens is 344 g/mol. The molecule has 0 heterocycles. The third-order valence-corrected chi connectivity index (χ3v) is 3.26. The van der Waals surface area contributed by atoms with Crippen LogP contribution >= 0.6 is 12.2 Å². The number of nitrogens with one attached hydrogen (secondary N) is 2. The largest absolute Gasteiger partial charge is 0.465 e. The number of hydrogen-bond acceptors (Lipinski definition) is 6. The van der Waals surface area contributed by atoms with Gasteiger partial charge in [0.05, 0.1) is 29.4 Å². The third-order valence-electron chi connectivity index (χ3n) is 3.07. The highest BCUT2D eigenvalue weighted by Crippen LogP contribution is 2.15. The topological polar surface area (TPSA) is 106 Å². The Morgan fingerprint density at radius 1 is 1.24 bits per heavy atom. The summed E-state index contributed by atoms with van der Waals surface area (Å²) < 4.78 is 4.61. The first-order valence-electron chi connectivity index (χ1n) is 7.03. The molecule has 0 fully saturated rings. The molecule has 2 N–H and O–H groups in total. The number of ether oxygens (including phenoxy) is 1. The summed E-state index contributed by atoms with van der Waals surface area (Å²) in [5, 5.41) is 17.9. The van der Waals surface area contributed by atoms with Crippen molar-refractivity contribution < 1.29 is 14.5 Å². The Hall–Kier alpha value is -3.33. The smallest absolute Gasteiger partial charge is 0.337 e. The number of rotatable bonds is 5. The van der Waals surface area contributed by atoms with Crippen molar-refractivity contribution in [1.82, 2.24) is 5.43 Å². The number of para-hydroxylation sites is 1. The summed E-state index contributed by atoms with van der Waals surface area (Å²) in [6, 6.07) is 12.7. The van der Waals surface area contributed by atoms with Crippen LogP contribution in [0.3, 0.4) is 0 Å². The minimum atomic E-state index is -0.485. The van der Waals surface area contributed by atoms with E-state index in [0.717, 1.165) is 0 Å². The van der Waals surface area contributed by atoms with Gasteiger partial charge in [-0.15, -0.1) is 0 Å². The zero-order valence-corrected chi connectivity index (χ0v) is 13.9. The van der Waals surface area contributed by atoms with E-state index in [1.807, 2.05) is 0 Å². The van der Waals surface area contributed by atoms with Crippen molar-refractivity contribution in [3.63, 3.8) is 0 Å². The average Bonchev–Trinajstić information content (AvgIpc) is 2.62. The van der Waals surface area contributed by atoms with Crippen LogP contribution in [-0.2, 0) is 4.74 Å². The minimum Gasteiger partial charge on any atom is -0.465 e. The number of carbonyl (C=O) groups excluding carboxylic acids is 1. The van der Waals surface area contributed by atoms with Gasteiger partial charge in [-0.2, -0.15) is 5.10 Å². The van der Waals surface area contributed by atoms with E-state index >= 15 is 0 Å². The van der Waals surface area contributed by atoms with Crippen LogP contribution in [0.4, 0.5) is 11.4 Å². The summed E-state index contributed by atoms with van der Waals surface area (Å²) >= 11 is 5.08. The number of hydrazone groups is 1. The summed E-state index contributed by atoms with van der Waals surface area (Å²) in [4.78, 5) is 21.8. The Labute approximate surface area is 148 Å². The maximum Gasteiger partial charge on any atom is 0.337 e. The Balaban J connectivity index is 1.95. The number of benzene rings is 2. The Kier molecular flexibility index (Phi) is 6.13. The van der Waals surface area contributed by atoms with Gasteiger partial charge in [0.25, 0.3) is 5.69 Å². The van der Waals surface area contributed by atoms with Gasteiger partial charge < -0.3 is 10.1 Å². The van der Waals surface area contributed by atoms with Crippen LogP contribution in [0.2, 0.25) is 0 Å². The molecule has 2 aromatic carbocycles. The predicted molar refractivity (Wildman–Crippen MR) is 97.8 cm³/mol. The van der Waals surface area contributed by atoms with Crippen molar-refractivity contribution in [3.05, 3.63) is 69.8 Å². The molecule has 9 heteroatoms. The van der Waals surface area contributed by atoms with Crippen LogP contribution in [0.25, 0.3) is 0 Å². The van der Waals surface area contributed by atoms with E-state index in [1.54, 1.807) is 42.5 Å². The van der Waals surface area contributed by atoms with Crippen molar-refractivity contribution in [2.45, 2.75) is 0 Å². The third kappa shape index (κ3) is 5.08. The van der Waals surface area contributed by atoms with Gasteiger partial charge in [0.2, 0.25) is 0 Å². The molecule has 8 nitrogen and oxygen atoms in total. The number of carbonyl (C=O) groups is 1. The van der Waals surface area contributed by atoms with Crippen molar-refractivity contribution in [2.75, 3.05) is 12.4 Å². The lowest BCUT2D eigenvalue weighted by Gasteiger charge is -2.07. The number of anilines is 1. The van der Waals surface area contributed by atoms with E-state index in [9.17, 15) is 14.9 Å². The molecule has 0 aliphatic rings. The summed E-state index contributed by atoms with van der Waals surface area (Å²) in [7, 11) is 1.31. The number of nitro groups is 1. The molecule has 0 spiro atoms. The molecule has 0 amide bonds. The van der Waals surface area contributed by atoms with Crippen molar-refractivity contribution in [1.29, 1.82) is 0 Å². The van der Waals surface area contributed by atoms with E-state index in [-0.39, 0.29) is 10.8 Å². The lowest BCUT2D eigenvalue weighted by atomic mass is 10.2. The summed E-state index contributed by atoms with van der Waals surface area (Å²) in [6.07, 6.45) is 1.31. The highest BCUT2D eigenvalue weighted by atomic mass is 32.1. The lowest BCUT2D eigenvalue weighted by Crippen LogP contribution is -2.23. The molecule has 0 radical (unpaired) electrons. The molecule has 2 rings (SSSR count). The highest BCUT2D eigenvalue weighted by molar-refractivity contribution is 7.80. The van der Waals surface area contributed by atoms with Gasteiger partial charge in [0.1, 0.15) is 0 Å². The number of methoxy groups -OCH3 is 1. The van der Waals surface area contributed by atoms with E-state index in [0.29, 0.717) is 16.8 Å². The number of nitrogens with zero attached hydrogens (tertiary/aromatic N) is 2. The number of thiocarbonyl (C=S) groups is 1. The first-order chi connectivity index (χ1) is 12.0. The number of hydrogen-bond donors (Lipinski definition) is 2. The summed E-state index contributed by atoms with van der Waals surface area (Å²) in [6.45, 7) is 0. The molecule has 0 aliphatic heterocycles. The Morgan fingerprint density at radius 2 is 1.92 bits per heavy atom. The molecule has 0 aliphatic carbocycles. The summed E-state index contributed by atoms with van der Waals surface area (Å²) in [5.74, 6) is -0.429. The fourth-order valence-electron chi connectivity index (χ4n) is 1.89. The SMILES string of the molecule is COC(=O)c1ccc(NC(=S)N/N=C\c2ccccc2[N+](=O)[O-])cc1. The molecule has 0 saturated carbocycles. The number of esters is 1. The van der Waals surface area contributed by atoms with E-state index in [4.69, 9.17) is 12.2 Å². The quantitative estimate of drug-likeness (QED) is 0.278. The van der Waals surface area contributed by atoms with E-state index < -0.39 is 10.9 Å². The molecule has 128 valence electrons. The van der Waals surface area contributed by atoms with Gasteiger partial charge >= 0.3 is 5.97 Å². The Morgan fingerprint density at radius 3 is 2.56 bits per heavy atom. The second kappa shape index (κ2) is 8.50. The predicted octanol–water partition coefficient (Wildman–Crippen LogP) is 2.70.